The minimum Gasteiger partial charge on any atom is -0.397 e. The molecule has 1 heterocycles. The van der Waals surface area contributed by atoms with Crippen LogP contribution in [-0.2, 0) is 0 Å². The zero-order chi connectivity index (χ0) is 15.5. The van der Waals surface area contributed by atoms with Gasteiger partial charge >= 0.3 is 0 Å². The average molecular weight is 289 g/mol. The lowest BCUT2D eigenvalue weighted by Gasteiger charge is -2.42. The Morgan fingerprint density at radius 2 is 1.90 bits per heavy atom. The molecule has 116 valence electrons. The van der Waals surface area contributed by atoms with Crippen LogP contribution in [0, 0.1) is 5.41 Å². The summed E-state index contributed by atoms with van der Waals surface area (Å²) in [6.45, 7) is 6.69. The molecule has 21 heavy (non-hydrogen) atoms. The van der Waals surface area contributed by atoms with E-state index in [0.717, 1.165) is 18.8 Å². The first-order valence-corrected chi connectivity index (χ1v) is 7.92. The van der Waals surface area contributed by atoms with Crippen molar-refractivity contribution in [3.63, 3.8) is 0 Å². The van der Waals surface area contributed by atoms with Gasteiger partial charge in [0.25, 0.3) is 5.91 Å². The van der Waals surface area contributed by atoms with E-state index in [1.807, 2.05) is 12.1 Å². The van der Waals surface area contributed by atoms with Gasteiger partial charge in [0.15, 0.2) is 0 Å². The molecule has 1 aliphatic heterocycles. The SMILES string of the molecule is CCC1(CC)CCN(c2ccc(C(=O)NC)cc2N)CC1. The van der Waals surface area contributed by atoms with E-state index < -0.39 is 0 Å². The first kappa shape index (κ1) is 15.7. The molecule has 0 aromatic heterocycles. The van der Waals surface area contributed by atoms with Gasteiger partial charge in [-0.3, -0.25) is 4.79 Å². The Morgan fingerprint density at radius 3 is 2.38 bits per heavy atom. The molecule has 0 bridgehead atoms. The predicted molar refractivity (Wildman–Crippen MR) is 88.7 cm³/mol. The highest BCUT2D eigenvalue weighted by Gasteiger charge is 2.31. The quantitative estimate of drug-likeness (QED) is 0.838. The Morgan fingerprint density at radius 1 is 1.29 bits per heavy atom. The van der Waals surface area contributed by atoms with Gasteiger partial charge in [0.2, 0.25) is 0 Å². The van der Waals surface area contributed by atoms with Gasteiger partial charge in [0.05, 0.1) is 11.4 Å². The summed E-state index contributed by atoms with van der Waals surface area (Å²) in [4.78, 5) is 14.0. The molecule has 0 spiro atoms. The molecule has 2 rings (SSSR count). The third-order valence-electron chi connectivity index (χ3n) is 5.18. The van der Waals surface area contributed by atoms with Crippen molar-refractivity contribution in [2.45, 2.75) is 39.5 Å². The summed E-state index contributed by atoms with van der Waals surface area (Å²) < 4.78 is 0. The Balaban J connectivity index is 2.12. The molecule has 1 aliphatic rings. The van der Waals surface area contributed by atoms with Crippen LogP contribution in [0.5, 0.6) is 0 Å². The monoisotopic (exact) mass is 289 g/mol. The number of rotatable bonds is 4. The molecule has 1 saturated heterocycles. The number of benzene rings is 1. The molecule has 4 nitrogen and oxygen atoms in total. The maximum absolute atomic E-state index is 11.6. The minimum absolute atomic E-state index is 0.0946. The van der Waals surface area contributed by atoms with Gasteiger partial charge < -0.3 is 16.0 Å². The van der Waals surface area contributed by atoms with Crippen molar-refractivity contribution < 1.29 is 4.79 Å². The fourth-order valence-corrected chi connectivity index (χ4v) is 3.31. The maximum atomic E-state index is 11.6. The third-order valence-corrected chi connectivity index (χ3v) is 5.18. The molecule has 0 aliphatic carbocycles. The van der Waals surface area contributed by atoms with Crippen molar-refractivity contribution in [2.75, 3.05) is 30.8 Å². The van der Waals surface area contributed by atoms with Crippen LogP contribution < -0.4 is 16.0 Å². The van der Waals surface area contributed by atoms with Crippen LogP contribution in [0.25, 0.3) is 0 Å². The van der Waals surface area contributed by atoms with Crippen molar-refractivity contribution in [2.24, 2.45) is 5.41 Å². The first-order chi connectivity index (χ1) is 10.0. The number of piperidine rings is 1. The first-order valence-electron chi connectivity index (χ1n) is 7.92. The second kappa shape index (κ2) is 6.37. The molecule has 4 heteroatoms. The molecule has 1 fully saturated rings. The molecular formula is C17H27N3O. The van der Waals surface area contributed by atoms with Gasteiger partial charge in [-0.05, 0) is 36.5 Å². The largest absolute Gasteiger partial charge is 0.397 e. The standard InChI is InChI=1S/C17H27N3O/c1-4-17(5-2)8-10-20(11-9-17)15-7-6-13(12-14(15)18)16(21)19-3/h6-7,12H,4-5,8-11,18H2,1-3H3,(H,19,21). The van der Waals surface area contributed by atoms with Gasteiger partial charge in [-0.2, -0.15) is 0 Å². The lowest BCUT2D eigenvalue weighted by molar-refractivity contribution is 0.0963. The Hall–Kier alpha value is -1.71. The van der Waals surface area contributed by atoms with E-state index in [2.05, 4.69) is 24.1 Å². The molecule has 1 amide bonds. The van der Waals surface area contributed by atoms with Crippen LogP contribution >= 0.6 is 0 Å². The number of hydrogen-bond donors (Lipinski definition) is 2. The van der Waals surface area contributed by atoms with Crippen LogP contribution in [0.4, 0.5) is 11.4 Å². The molecular weight excluding hydrogens is 262 g/mol. The normalized spacial score (nSPS) is 17.6. The van der Waals surface area contributed by atoms with E-state index in [0.29, 0.717) is 16.7 Å². The van der Waals surface area contributed by atoms with Crippen molar-refractivity contribution >= 4 is 17.3 Å². The number of hydrogen-bond acceptors (Lipinski definition) is 3. The fourth-order valence-electron chi connectivity index (χ4n) is 3.31. The number of nitrogens with zero attached hydrogens (tertiary/aromatic N) is 1. The van der Waals surface area contributed by atoms with E-state index in [4.69, 9.17) is 5.73 Å². The number of nitrogens with two attached hydrogens (primary N) is 1. The van der Waals surface area contributed by atoms with E-state index >= 15 is 0 Å². The van der Waals surface area contributed by atoms with Crippen molar-refractivity contribution in [3.05, 3.63) is 23.8 Å². The topological polar surface area (TPSA) is 58.4 Å². The Kier molecular flexibility index (Phi) is 4.76. The van der Waals surface area contributed by atoms with E-state index in [-0.39, 0.29) is 5.91 Å². The number of nitrogens with one attached hydrogen (secondary N) is 1. The highest BCUT2D eigenvalue weighted by molar-refractivity contribution is 5.96. The number of anilines is 2. The molecule has 0 saturated carbocycles. The van der Waals surface area contributed by atoms with Crippen LogP contribution in [0.2, 0.25) is 0 Å². The van der Waals surface area contributed by atoms with E-state index in [9.17, 15) is 4.79 Å². The van der Waals surface area contributed by atoms with E-state index in [1.165, 1.54) is 25.7 Å². The highest BCUT2D eigenvalue weighted by atomic mass is 16.1. The van der Waals surface area contributed by atoms with Gasteiger partial charge in [-0.15, -0.1) is 0 Å². The van der Waals surface area contributed by atoms with Crippen molar-refractivity contribution in [1.29, 1.82) is 0 Å². The second-order valence-electron chi connectivity index (χ2n) is 6.05. The van der Waals surface area contributed by atoms with Crippen molar-refractivity contribution in [1.82, 2.24) is 5.32 Å². The maximum Gasteiger partial charge on any atom is 0.251 e. The Labute approximate surface area is 127 Å². The third kappa shape index (κ3) is 3.14. The summed E-state index contributed by atoms with van der Waals surface area (Å²) in [6, 6.07) is 5.60. The minimum atomic E-state index is -0.0946. The predicted octanol–water partition coefficient (Wildman–Crippen LogP) is 3.04. The highest BCUT2D eigenvalue weighted by Crippen LogP contribution is 2.40. The van der Waals surface area contributed by atoms with Gasteiger partial charge in [0.1, 0.15) is 0 Å². The molecule has 0 radical (unpaired) electrons. The molecule has 1 aromatic carbocycles. The number of carbonyl (C=O) groups is 1. The zero-order valence-electron chi connectivity index (χ0n) is 13.4. The molecule has 0 unspecified atom stereocenters. The number of carbonyl (C=O) groups excluding carboxylic acids is 1. The fraction of sp³-hybridized carbons (Fsp3) is 0.588. The molecule has 1 aromatic rings. The molecule has 0 atom stereocenters. The number of amides is 1. The summed E-state index contributed by atoms with van der Waals surface area (Å²) in [5, 5.41) is 2.63. The van der Waals surface area contributed by atoms with Gasteiger partial charge in [0, 0.05) is 25.7 Å². The second-order valence-corrected chi connectivity index (χ2v) is 6.05. The summed E-state index contributed by atoms with van der Waals surface area (Å²) in [5.74, 6) is -0.0946. The summed E-state index contributed by atoms with van der Waals surface area (Å²) in [6.07, 6.45) is 4.94. The zero-order valence-corrected chi connectivity index (χ0v) is 13.4. The lowest BCUT2D eigenvalue weighted by atomic mass is 9.74. The van der Waals surface area contributed by atoms with Crippen LogP contribution in [0.3, 0.4) is 0 Å². The van der Waals surface area contributed by atoms with Crippen LogP contribution in [0.15, 0.2) is 18.2 Å². The van der Waals surface area contributed by atoms with Crippen LogP contribution in [0.1, 0.15) is 49.9 Å². The van der Waals surface area contributed by atoms with Gasteiger partial charge in [-0.1, -0.05) is 26.7 Å². The number of nitrogen functional groups attached to an aromatic ring is 1. The smallest absolute Gasteiger partial charge is 0.251 e. The van der Waals surface area contributed by atoms with Crippen molar-refractivity contribution in [3.8, 4) is 0 Å². The summed E-state index contributed by atoms with van der Waals surface area (Å²) in [7, 11) is 1.63. The lowest BCUT2D eigenvalue weighted by Crippen LogP contribution is -2.40. The van der Waals surface area contributed by atoms with Crippen LogP contribution in [-0.4, -0.2) is 26.0 Å². The van der Waals surface area contributed by atoms with Gasteiger partial charge in [-0.25, -0.2) is 0 Å². The summed E-state index contributed by atoms with van der Waals surface area (Å²) >= 11 is 0. The Bertz CT molecular complexity index is 499. The average Bonchev–Trinajstić information content (AvgIpc) is 2.54. The van der Waals surface area contributed by atoms with E-state index in [1.54, 1.807) is 13.1 Å². The molecule has 3 N–H and O–H groups in total. The summed E-state index contributed by atoms with van der Waals surface area (Å²) in [5.41, 5.74) is 9.03.